The average molecular weight is 295 g/mol. The fraction of sp³-hybridized carbons (Fsp3) is 1.00. The third kappa shape index (κ3) is 4.96. The molecule has 124 valence electrons. The highest BCUT2D eigenvalue weighted by Crippen LogP contribution is 2.40. The second kappa shape index (κ2) is 7.97. The van der Waals surface area contributed by atoms with E-state index in [9.17, 15) is 0 Å². The Balaban J connectivity index is 2.00. The molecule has 0 aromatic heterocycles. The number of rotatable bonds is 7. The molecule has 2 aliphatic carbocycles. The van der Waals surface area contributed by atoms with E-state index in [1.54, 1.807) is 0 Å². The van der Waals surface area contributed by atoms with Crippen LogP contribution in [0.15, 0.2) is 0 Å². The molecule has 2 heteroatoms. The molecule has 2 nitrogen and oxygen atoms in total. The summed E-state index contributed by atoms with van der Waals surface area (Å²) in [6, 6.07) is 0.851. The van der Waals surface area contributed by atoms with Crippen molar-refractivity contribution in [2.75, 3.05) is 19.6 Å². The van der Waals surface area contributed by atoms with Gasteiger partial charge in [0.1, 0.15) is 0 Å². The van der Waals surface area contributed by atoms with Gasteiger partial charge in [-0.05, 0) is 62.4 Å². The van der Waals surface area contributed by atoms with E-state index < -0.39 is 0 Å². The van der Waals surface area contributed by atoms with Crippen molar-refractivity contribution >= 4 is 0 Å². The minimum Gasteiger partial charge on any atom is -0.330 e. The predicted molar refractivity (Wildman–Crippen MR) is 92.4 cm³/mol. The second-order valence-corrected chi connectivity index (χ2v) is 8.50. The molecule has 0 heterocycles. The van der Waals surface area contributed by atoms with Crippen LogP contribution in [0.5, 0.6) is 0 Å². The van der Waals surface area contributed by atoms with Crippen molar-refractivity contribution in [3.8, 4) is 0 Å². The Hall–Kier alpha value is -0.0800. The summed E-state index contributed by atoms with van der Waals surface area (Å²) >= 11 is 0. The SMILES string of the molecule is CC(C)CCN(CC1(CN)CCCC(C)C1)C1CCCC1. The fourth-order valence-electron chi connectivity index (χ4n) is 4.68. The van der Waals surface area contributed by atoms with Gasteiger partial charge in [-0.3, -0.25) is 4.90 Å². The molecule has 0 bridgehead atoms. The first-order valence-electron chi connectivity index (χ1n) is 9.49. The Morgan fingerprint density at radius 2 is 1.86 bits per heavy atom. The normalized spacial score (nSPS) is 31.4. The van der Waals surface area contributed by atoms with Gasteiger partial charge in [-0.1, -0.05) is 46.5 Å². The third-order valence-electron chi connectivity index (χ3n) is 5.99. The minimum atomic E-state index is 0.414. The molecule has 2 saturated carbocycles. The molecule has 0 spiro atoms. The number of nitrogens with zero attached hydrogens (tertiary/aromatic N) is 1. The first kappa shape index (κ1) is 17.3. The third-order valence-corrected chi connectivity index (χ3v) is 5.99. The molecular weight excluding hydrogens is 256 g/mol. The Labute approximate surface area is 132 Å². The second-order valence-electron chi connectivity index (χ2n) is 8.50. The van der Waals surface area contributed by atoms with E-state index in [1.807, 2.05) is 0 Å². The molecule has 0 radical (unpaired) electrons. The molecule has 0 aromatic carbocycles. The van der Waals surface area contributed by atoms with E-state index in [0.717, 1.165) is 24.4 Å². The summed E-state index contributed by atoms with van der Waals surface area (Å²) in [5, 5.41) is 0. The largest absolute Gasteiger partial charge is 0.330 e. The van der Waals surface area contributed by atoms with Gasteiger partial charge in [-0.15, -0.1) is 0 Å². The van der Waals surface area contributed by atoms with Gasteiger partial charge in [0, 0.05) is 12.6 Å². The Morgan fingerprint density at radius 3 is 2.43 bits per heavy atom. The van der Waals surface area contributed by atoms with Crippen molar-refractivity contribution in [1.82, 2.24) is 4.90 Å². The topological polar surface area (TPSA) is 29.3 Å². The van der Waals surface area contributed by atoms with E-state index >= 15 is 0 Å². The van der Waals surface area contributed by atoms with Crippen molar-refractivity contribution in [3.63, 3.8) is 0 Å². The molecule has 0 saturated heterocycles. The van der Waals surface area contributed by atoms with Crippen LogP contribution >= 0.6 is 0 Å². The predicted octanol–water partition coefficient (Wildman–Crippen LogP) is 4.43. The Kier molecular flexibility index (Phi) is 6.55. The quantitative estimate of drug-likeness (QED) is 0.752. The standard InChI is InChI=1S/C19H38N2/c1-16(2)10-12-21(18-8-4-5-9-18)15-19(14-20)11-6-7-17(3)13-19/h16-18H,4-15,20H2,1-3H3. The summed E-state index contributed by atoms with van der Waals surface area (Å²) in [5.41, 5.74) is 6.69. The molecule has 2 fully saturated rings. The highest BCUT2D eigenvalue weighted by atomic mass is 15.2. The molecule has 2 aliphatic rings. The summed E-state index contributed by atoms with van der Waals surface area (Å²) < 4.78 is 0. The van der Waals surface area contributed by atoms with Crippen molar-refractivity contribution < 1.29 is 0 Å². The van der Waals surface area contributed by atoms with Gasteiger partial charge in [-0.2, -0.15) is 0 Å². The molecule has 2 atom stereocenters. The van der Waals surface area contributed by atoms with Crippen LogP contribution < -0.4 is 5.73 Å². The van der Waals surface area contributed by atoms with E-state index in [-0.39, 0.29) is 0 Å². The molecule has 0 amide bonds. The zero-order chi connectivity index (χ0) is 15.3. The van der Waals surface area contributed by atoms with Crippen molar-refractivity contribution in [3.05, 3.63) is 0 Å². The van der Waals surface area contributed by atoms with Crippen molar-refractivity contribution in [2.45, 2.75) is 84.6 Å². The highest BCUT2D eigenvalue weighted by molar-refractivity contribution is 4.91. The van der Waals surface area contributed by atoms with Crippen LogP contribution in [0.1, 0.15) is 78.6 Å². The number of nitrogens with two attached hydrogens (primary N) is 1. The van der Waals surface area contributed by atoms with Crippen molar-refractivity contribution in [1.29, 1.82) is 0 Å². The Morgan fingerprint density at radius 1 is 1.14 bits per heavy atom. The van der Waals surface area contributed by atoms with Crippen LogP contribution in [-0.2, 0) is 0 Å². The van der Waals surface area contributed by atoms with Gasteiger partial charge in [-0.25, -0.2) is 0 Å². The number of hydrogen-bond donors (Lipinski definition) is 1. The van der Waals surface area contributed by atoms with Gasteiger partial charge in [0.05, 0.1) is 0 Å². The smallest absolute Gasteiger partial charge is 0.00955 e. The van der Waals surface area contributed by atoms with E-state index in [0.29, 0.717) is 5.41 Å². The van der Waals surface area contributed by atoms with Crippen LogP contribution in [0, 0.1) is 17.3 Å². The van der Waals surface area contributed by atoms with Crippen molar-refractivity contribution in [2.24, 2.45) is 23.0 Å². The first-order chi connectivity index (χ1) is 10.0. The van der Waals surface area contributed by atoms with E-state index in [2.05, 4.69) is 25.7 Å². The van der Waals surface area contributed by atoms with Crippen LogP contribution in [0.25, 0.3) is 0 Å². The van der Waals surface area contributed by atoms with E-state index in [4.69, 9.17) is 5.73 Å². The maximum absolute atomic E-state index is 6.28. The fourth-order valence-corrected chi connectivity index (χ4v) is 4.68. The molecule has 21 heavy (non-hydrogen) atoms. The zero-order valence-corrected chi connectivity index (χ0v) is 14.7. The molecule has 2 unspecified atom stereocenters. The highest BCUT2D eigenvalue weighted by Gasteiger charge is 2.37. The minimum absolute atomic E-state index is 0.414. The summed E-state index contributed by atoms with van der Waals surface area (Å²) in [5.74, 6) is 1.69. The molecule has 0 aromatic rings. The molecule has 2 rings (SSSR count). The molecule has 0 aliphatic heterocycles. The molecular formula is C19H38N2. The van der Waals surface area contributed by atoms with Crippen LogP contribution in [0.3, 0.4) is 0 Å². The lowest BCUT2D eigenvalue weighted by Gasteiger charge is -2.44. The van der Waals surface area contributed by atoms with Gasteiger partial charge >= 0.3 is 0 Å². The lowest BCUT2D eigenvalue weighted by molar-refractivity contribution is 0.0622. The van der Waals surface area contributed by atoms with E-state index in [1.165, 1.54) is 70.9 Å². The van der Waals surface area contributed by atoms with Crippen LogP contribution in [0.2, 0.25) is 0 Å². The maximum Gasteiger partial charge on any atom is 0.00955 e. The van der Waals surface area contributed by atoms with Gasteiger partial charge in [0.2, 0.25) is 0 Å². The summed E-state index contributed by atoms with van der Waals surface area (Å²) in [6.45, 7) is 10.6. The van der Waals surface area contributed by atoms with Crippen LogP contribution in [0.4, 0.5) is 0 Å². The Bertz CT molecular complexity index is 296. The van der Waals surface area contributed by atoms with Crippen LogP contribution in [-0.4, -0.2) is 30.6 Å². The lowest BCUT2D eigenvalue weighted by Crippen LogP contribution is -2.48. The van der Waals surface area contributed by atoms with Gasteiger partial charge in [0.15, 0.2) is 0 Å². The van der Waals surface area contributed by atoms with Gasteiger partial charge < -0.3 is 5.73 Å². The number of hydrogen-bond acceptors (Lipinski definition) is 2. The average Bonchev–Trinajstić information content (AvgIpc) is 2.97. The maximum atomic E-state index is 6.28. The summed E-state index contributed by atoms with van der Waals surface area (Å²) in [4.78, 5) is 2.85. The summed E-state index contributed by atoms with van der Waals surface area (Å²) in [6.07, 6.45) is 12.6. The molecule has 2 N–H and O–H groups in total. The monoisotopic (exact) mass is 294 g/mol. The lowest BCUT2D eigenvalue weighted by atomic mass is 9.69. The summed E-state index contributed by atoms with van der Waals surface area (Å²) in [7, 11) is 0. The zero-order valence-electron chi connectivity index (χ0n) is 14.7. The first-order valence-corrected chi connectivity index (χ1v) is 9.49. The van der Waals surface area contributed by atoms with Gasteiger partial charge in [0.25, 0.3) is 0 Å².